The summed E-state index contributed by atoms with van der Waals surface area (Å²) in [7, 11) is 0. The average molecular weight is 301 g/mol. The second kappa shape index (κ2) is 5.23. The first-order valence-corrected chi connectivity index (χ1v) is 7.85. The van der Waals surface area contributed by atoms with Crippen LogP contribution >= 0.6 is 0 Å². The van der Waals surface area contributed by atoms with Crippen molar-refractivity contribution in [3.63, 3.8) is 0 Å². The first-order valence-electron chi connectivity index (χ1n) is 7.85. The third-order valence-electron chi connectivity index (χ3n) is 4.44. The molecule has 0 spiro atoms. The van der Waals surface area contributed by atoms with E-state index in [4.69, 9.17) is 4.42 Å². The fraction of sp³-hybridized carbons (Fsp3) is 0.600. The minimum absolute atomic E-state index is 0.0421. The number of hydrogen-bond acceptors (Lipinski definition) is 5. The monoisotopic (exact) mass is 301 g/mol. The summed E-state index contributed by atoms with van der Waals surface area (Å²) in [6.07, 6.45) is 7.70. The van der Waals surface area contributed by atoms with Crippen molar-refractivity contribution in [1.82, 2.24) is 24.9 Å². The topological polar surface area (TPSA) is 77.0 Å². The molecule has 1 aliphatic carbocycles. The van der Waals surface area contributed by atoms with Crippen LogP contribution in [0.2, 0.25) is 0 Å². The highest BCUT2D eigenvalue weighted by Gasteiger charge is 2.35. The van der Waals surface area contributed by atoms with Crippen LogP contribution in [-0.2, 0) is 6.54 Å². The van der Waals surface area contributed by atoms with Crippen LogP contribution in [0.25, 0.3) is 0 Å². The summed E-state index contributed by atoms with van der Waals surface area (Å²) in [5.74, 6) is 1.52. The second-order valence-electron chi connectivity index (χ2n) is 6.16. The van der Waals surface area contributed by atoms with E-state index in [9.17, 15) is 4.79 Å². The molecular weight excluding hydrogens is 282 g/mol. The number of aromatic nitrogens is 4. The van der Waals surface area contributed by atoms with Crippen LogP contribution in [0.5, 0.6) is 0 Å². The number of nitrogens with zero attached hydrogens (tertiary/aromatic N) is 5. The molecule has 1 saturated heterocycles. The van der Waals surface area contributed by atoms with E-state index in [1.165, 1.54) is 0 Å². The molecule has 0 N–H and O–H groups in total. The van der Waals surface area contributed by atoms with Crippen LogP contribution in [-0.4, -0.2) is 43.4 Å². The lowest BCUT2D eigenvalue weighted by Gasteiger charge is -2.23. The Balaban J connectivity index is 1.53. The van der Waals surface area contributed by atoms with Crippen LogP contribution in [0.4, 0.5) is 0 Å². The van der Waals surface area contributed by atoms with Gasteiger partial charge >= 0.3 is 0 Å². The van der Waals surface area contributed by atoms with Crippen molar-refractivity contribution in [3.8, 4) is 0 Å². The molecule has 2 aliphatic rings. The predicted molar refractivity (Wildman–Crippen MR) is 77.3 cm³/mol. The first-order chi connectivity index (χ1) is 10.7. The van der Waals surface area contributed by atoms with E-state index in [1.54, 1.807) is 10.9 Å². The van der Waals surface area contributed by atoms with Crippen molar-refractivity contribution in [2.45, 2.75) is 51.1 Å². The third-order valence-corrected chi connectivity index (χ3v) is 4.44. The Morgan fingerprint density at radius 3 is 3.00 bits per heavy atom. The molecule has 2 aromatic heterocycles. The second-order valence-corrected chi connectivity index (χ2v) is 6.16. The first kappa shape index (κ1) is 13.5. The Bertz CT molecular complexity index is 674. The van der Waals surface area contributed by atoms with Crippen LogP contribution in [0, 0.1) is 6.92 Å². The summed E-state index contributed by atoms with van der Waals surface area (Å²) in [6, 6.07) is 0.142. The number of carbonyl (C=O) groups excluding carboxylic acids is 1. The van der Waals surface area contributed by atoms with Gasteiger partial charge in [0, 0.05) is 18.7 Å². The lowest BCUT2D eigenvalue weighted by atomic mass is 10.2. The maximum Gasteiger partial charge on any atom is 0.291 e. The minimum Gasteiger partial charge on any atom is -0.435 e. The van der Waals surface area contributed by atoms with E-state index in [1.807, 2.05) is 18.0 Å². The smallest absolute Gasteiger partial charge is 0.291 e. The van der Waals surface area contributed by atoms with Gasteiger partial charge in [-0.05, 0) is 32.6 Å². The quantitative estimate of drug-likeness (QED) is 0.860. The van der Waals surface area contributed by atoms with E-state index >= 15 is 0 Å². The molecule has 1 saturated carbocycles. The van der Waals surface area contributed by atoms with Gasteiger partial charge in [0.25, 0.3) is 5.91 Å². The molecule has 0 unspecified atom stereocenters. The SMILES string of the molecule is Cc1nc(C2CC2)oc1C(=O)N1CCC[C@H]1Cn1ccnn1. The molecule has 0 radical (unpaired) electrons. The number of amides is 1. The molecule has 2 aromatic rings. The number of oxazole rings is 1. The molecule has 4 rings (SSSR count). The molecule has 7 heteroatoms. The van der Waals surface area contributed by atoms with Gasteiger partial charge in [0.15, 0.2) is 5.89 Å². The number of likely N-dealkylation sites (tertiary alicyclic amines) is 1. The number of carbonyl (C=O) groups is 1. The Kier molecular flexibility index (Phi) is 3.20. The normalized spacial score (nSPS) is 21.5. The van der Waals surface area contributed by atoms with Crippen molar-refractivity contribution in [2.75, 3.05) is 6.54 Å². The van der Waals surface area contributed by atoms with Crippen LogP contribution < -0.4 is 0 Å². The highest BCUT2D eigenvalue weighted by Crippen LogP contribution is 2.40. The van der Waals surface area contributed by atoms with Crippen molar-refractivity contribution >= 4 is 5.91 Å². The molecule has 2 fully saturated rings. The highest BCUT2D eigenvalue weighted by molar-refractivity contribution is 5.92. The van der Waals surface area contributed by atoms with E-state index in [2.05, 4.69) is 15.3 Å². The maximum atomic E-state index is 12.8. The van der Waals surface area contributed by atoms with Crippen LogP contribution in [0.1, 0.15) is 53.7 Å². The molecule has 0 bridgehead atoms. The summed E-state index contributed by atoms with van der Waals surface area (Å²) in [4.78, 5) is 19.1. The van der Waals surface area contributed by atoms with Gasteiger partial charge in [-0.1, -0.05) is 5.21 Å². The minimum atomic E-state index is -0.0421. The largest absolute Gasteiger partial charge is 0.435 e. The fourth-order valence-electron chi connectivity index (χ4n) is 3.09. The van der Waals surface area contributed by atoms with Crippen molar-refractivity contribution in [2.24, 2.45) is 0 Å². The van der Waals surface area contributed by atoms with E-state index in [-0.39, 0.29) is 11.9 Å². The summed E-state index contributed by atoms with van der Waals surface area (Å²) in [6.45, 7) is 3.29. The van der Waals surface area contributed by atoms with E-state index < -0.39 is 0 Å². The Hall–Kier alpha value is -2.18. The average Bonchev–Trinajstić information content (AvgIpc) is 2.91. The fourth-order valence-corrected chi connectivity index (χ4v) is 3.09. The molecule has 22 heavy (non-hydrogen) atoms. The summed E-state index contributed by atoms with van der Waals surface area (Å²) < 4.78 is 7.54. The van der Waals surface area contributed by atoms with Gasteiger partial charge in [-0.3, -0.25) is 9.48 Å². The van der Waals surface area contributed by atoms with E-state index in [0.29, 0.717) is 23.9 Å². The van der Waals surface area contributed by atoms with Crippen LogP contribution in [0.3, 0.4) is 0 Å². The lowest BCUT2D eigenvalue weighted by molar-refractivity contribution is 0.0686. The van der Waals surface area contributed by atoms with Crippen molar-refractivity contribution in [1.29, 1.82) is 0 Å². The van der Waals surface area contributed by atoms with Gasteiger partial charge < -0.3 is 9.32 Å². The predicted octanol–water partition coefficient (Wildman–Crippen LogP) is 1.76. The van der Waals surface area contributed by atoms with Gasteiger partial charge in [0.05, 0.1) is 24.5 Å². The molecule has 1 atom stereocenters. The van der Waals surface area contributed by atoms with Gasteiger partial charge in [-0.15, -0.1) is 5.10 Å². The number of aryl methyl sites for hydroxylation is 1. The van der Waals surface area contributed by atoms with Gasteiger partial charge in [0.2, 0.25) is 5.76 Å². The maximum absolute atomic E-state index is 12.8. The molecule has 1 aliphatic heterocycles. The van der Waals surface area contributed by atoms with Crippen molar-refractivity contribution in [3.05, 3.63) is 29.7 Å². The molecular formula is C15H19N5O2. The molecule has 0 aromatic carbocycles. The van der Waals surface area contributed by atoms with Crippen LogP contribution in [0.15, 0.2) is 16.8 Å². The standard InChI is InChI=1S/C15H19N5O2/c1-10-13(22-14(17-10)11-4-5-11)15(21)20-7-2-3-12(20)9-19-8-6-16-18-19/h6,8,11-12H,2-5,7,9H2,1H3/t12-/m0/s1. The van der Waals surface area contributed by atoms with Gasteiger partial charge in [0.1, 0.15) is 0 Å². The van der Waals surface area contributed by atoms with E-state index in [0.717, 1.165) is 38.1 Å². The Morgan fingerprint density at radius 2 is 2.27 bits per heavy atom. The highest BCUT2D eigenvalue weighted by atomic mass is 16.4. The zero-order valence-electron chi connectivity index (χ0n) is 12.6. The zero-order chi connectivity index (χ0) is 15.1. The Morgan fingerprint density at radius 1 is 1.41 bits per heavy atom. The number of rotatable bonds is 4. The molecule has 1 amide bonds. The van der Waals surface area contributed by atoms with Gasteiger partial charge in [-0.25, -0.2) is 4.98 Å². The number of hydrogen-bond donors (Lipinski definition) is 0. The van der Waals surface area contributed by atoms with Gasteiger partial charge in [-0.2, -0.15) is 0 Å². The third kappa shape index (κ3) is 2.40. The zero-order valence-corrected chi connectivity index (χ0v) is 12.6. The molecule has 7 nitrogen and oxygen atoms in total. The summed E-state index contributed by atoms with van der Waals surface area (Å²) in [5, 5.41) is 7.81. The molecule has 116 valence electrons. The van der Waals surface area contributed by atoms with Crippen molar-refractivity contribution < 1.29 is 9.21 Å². The molecule has 3 heterocycles. The lowest BCUT2D eigenvalue weighted by Crippen LogP contribution is -2.38. The summed E-state index contributed by atoms with van der Waals surface area (Å²) >= 11 is 0. The summed E-state index contributed by atoms with van der Waals surface area (Å²) in [5.41, 5.74) is 0.707. The Labute approximate surface area is 128 Å².